The molecule has 114 valence electrons. The molecule has 20 heavy (non-hydrogen) atoms. The van der Waals surface area contributed by atoms with Gasteiger partial charge in [-0.15, -0.1) is 12.4 Å². The van der Waals surface area contributed by atoms with Gasteiger partial charge >= 0.3 is 0 Å². The summed E-state index contributed by atoms with van der Waals surface area (Å²) < 4.78 is 5.41. The Bertz CT molecular complexity index is 407. The Morgan fingerprint density at radius 1 is 1.35 bits per heavy atom. The molecule has 0 radical (unpaired) electrons. The first kappa shape index (κ1) is 17.6. The lowest BCUT2D eigenvalue weighted by atomic mass is 9.96. The highest BCUT2D eigenvalue weighted by molar-refractivity contribution is 6.30. The highest BCUT2D eigenvalue weighted by Gasteiger charge is 2.19. The Morgan fingerprint density at radius 2 is 2.05 bits per heavy atom. The lowest BCUT2D eigenvalue weighted by Crippen LogP contribution is -2.36. The van der Waals surface area contributed by atoms with Gasteiger partial charge in [0.05, 0.1) is 7.11 Å². The van der Waals surface area contributed by atoms with Crippen molar-refractivity contribution in [1.29, 1.82) is 0 Å². The van der Waals surface area contributed by atoms with E-state index < -0.39 is 0 Å². The molecule has 0 spiro atoms. The Kier molecular flexibility index (Phi) is 7.67. The van der Waals surface area contributed by atoms with Crippen LogP contribution < -0.4 is 10.1 Å². The number of halogens is 2. The summed E-state index contributed by atoms with van der Waals surface area (Å²) >= 11 is 6.07. The molecule has 0 aliphatic carbocycles. The van der Waals surface area contributed by atoms with E-state index in [-0.39, 0.29) is 12.4 Å². The van der Waals surface area contributed by atoms with E-state index in [9.17, 15) is 0 Å². The first-order valence-electron chi connectivity index (χ1n) is 6.92. The van der Waals surface area contributed by atoms with Crippen LogP contribution in [0.1, 0.15) is 18.4 Å². The maximum absolute atomic E-state index is 6.07. The summed E-state index contributed by atoms with van der Waals surface area (Å²) in [5.74, 6) is 1.75. The second-order valence-corrected chi connectivity index (χ2v) is 5.67. The third-order valence-corrected chi connectivity index (χ3v) is 4.07. The summed E-state index contributed by atoms with van der Waals surface area (Å²) in [6.45, 7) is 4.37. The maximum atomic E-state index is 6.07. The van der Waals surface area contributed by atoms with Gasteiger partial charge in [0.1, 0.15) is 5.75 Å². The fourth-order valence-electron chi connectivity index (χ4n) is 2.75. The molecule has 0 bridgehead atoms. The summed E-state index contributed by atoms with van der Waals surface area (Å²) in [5, 5.41) is 4.05. The minimum absolute atomic E-state index is 0. The molecule has 0 saturated carbocycles. The molecule has 0 unspecified atom stereocenters. The number of rotatable bonds is 5. The van der Waals surface area contributed by atoms with E-state index >= 15 is 0 Å². The largest absolute Gasteiger partial charge is 0.496 e. The number of hydrogen-bond acceptors (Lipinski definition) is 3. The van der Waals surface area contributed by atoms with E-state index in [4.69, 9.17) is 16.3 Å². The van der Waals surface area contributed by atoms with Crippen LogP contribution in [0.5, 0.6) is 5.75 Å². The van der Waals surface area contributed by atoms with E-state index in [2.05, 4.69) is 10.2 Å². The molecule has 3 nitrogen and oxygen atoms in total. The van der Waals surface area contributed by atoms with Crippen molar-refractivity contribution in [1.82, 2.24) is 10.2 Å². The molecule has 1 aliphatic rings. The topological polar surface area (TPSA) is 24.5 Å². The van der Waals surface area contributed by atoms with Crippen LogP contribution in [0, 0.1) is 5.92 Å². The van der Waals surface area contributed by atoms with Gasteiger partial charge in [-0.25, -0.2) is 0 Å². The van der Waals surface area contributed by atoms with Gasteiger partial charge < -0.3 is 10.1 Å². The molecule has 1 heterocycles. The summed E-state index contributed by atoms with van der Waals surface area (Å²) in [6, 6.07) is 5.84. The second kappa shape index (κ2) is 8.73. The lowest BCUT2D eigenvalue weighted by molar-refractivity contribution is 0.175. The fraction of sp³-hybridized carbons (Fsp3) is 0.600. The molecule has 2 rings (SSSR count). The van der Waals surface area contributed by atoms with Crippen LogP contribution in [-0.2, 0) is 6.54 Å². The first-order valence-corrected chi connectivity index (χ1v) is 7.30. The summed E-state index contributed by atoms with van der Waals surface area (Å²) in [5.41, 5.74) is 1.18. The number of piperidine rings is 1. The molecule has 0 aromatic heterocycles. The zero-order valence-corrected chi connectivity index (χ0v) is 13.8. The third kappa shape index (κ3) is 4.81. The normalized spacial score (nSPS) is 16.8. The molecule has 1 aromatic rings. The smallest absolute Gasteiger partial charge is 0.123 e. The molecular formula is C15H24Cl2N2O. The molecule has 1 fully saturated rings. The van der Waals surface area contributed by atoms with Crippen LogP contribution in [0.4, 0.5) is 0 Å². The number of nitrogens with zero attached hydrogens (tertiary/aromatic N) is 1. The van der Waals surface area contributed by atoms with Crippen molar-refractivity contribution in [2.75, 3.05) is 33.8 Å². The Hall–Kier alpha value is -0.480. The standard InChI is InChI=1S/C15H23ClN2O.ClH/c1-17-10-12-5-7-18(8-6-12)11-13-9-14(16)3-4-15(13)19-2;/h3-4,9,12,17H,5-8,10-11H2,1-2H3;1H. The van der Waals surface area contributed by atoms with E-state index in [0.717, 1.165) is 42.9 Å². The second-order valence-electron chi connectivity index (χ2n) is 5.23. The van der Waals surface area contributed by atoms with Crippen LogP contribution in [0.2, 0.25) is 5.02 Å². The van der Waals surface area contributed by atoms with E-state index in [1.807, 2.05) is 25.2 Å². The predicted molar refractivity (Wildman–Crippen MR) is 87.2 cm³/mol. The molecule has 5 heteroatoms. The lowest BCUT2D eigenvalue weighted by Gasteiger charge is -2.32. The van der Waals surface area contributed by atoms with Crippen molar-refractivity contribution in [3.63, 3.8) is 0 Å². The number of benzene rings is 1. The van der Waals surface area contributed by atoms with Crippen molar-refractivity contribution < 1.29 is 4.74 Å². The van der Waals surface area contributed by atoms with Crippen molar-refractivity contribution in [2.24, 2.45) is 5.92 Å². The SMILES string of the molecule is CNCC1CCN(Cc2cc(Cl)ccc2OC)CC1.Cl. The quantitative estimate of drug-likeness (QED) is 0.902. The van der Waals surface area contributed by atoms with Gasteiger partial charge in [0.25, 0.3) is 0 Å². The molecule has 0 amide bonds. The zero-order valence-electron chi connectivity index (χ0n) is 12.2. The van der Waals surface area contributed by atoms with Crippen LogP contribution in [0.25, 0.3) is 0 Å². The van der Waals surface area contributed by atoms with Gasteiger partial charge in [-0.05, 0) is 63.6 Å². The Labute approximate surface area is 133 Å². The average molecular weight is 319 g/mol. The maximum Gasteiger partial charge on any atom is 0.123 e. The fourth-order valence-corrected chi connectivity index (χ4v) is 2.94. The van der Waals surface area contributed by atoms with Gasteiger partial charge in [-0.3, -0.25) is 4.90 Å². The van der Waals surface area contributed by atoms with Crippen LogP contribution in [-0.4, -0.2) is 38.7 Å². The number of hydrogen-bond donors (Lipinski definition) is 1. The van der Waals surface area contributed by atoms with Crippen molar-refractivity contribution in [3.05, 3.63) is 28.8 Å². The highest BCUT2D eigenvalue weighted by Crippen LogP contribution is 2.26. The van der Waals surface area contributed by atoms with Gasteiger partial charge in [-0.2, -0.15) is 0 Å². The van der Waals surface area contributed by atoms with Crippen LogP contribution in [0.15, 0.2) is 18.2 Å². The van der Waals surface area contributed by atoms with Crippen molar-refractivity contribution in [3.8, 4) is 5.75 Å². The summed E-state index contributed by atoms with van der Waals surface area (Å²) in [6.07, 6.45) is 2.54. The Morgan fingerprint density at radius 3 is 2.65 bits per heavy atom. The van der Waals surface area contributed by atoms with Gasteiger partial charge in [0.15, 0.2) is 0 Å². The van der Waals surface area contributed by atoms with Crippen LogP contribution in [0.3, 0.4) is 0 Å². The molecule has 1 aromatic carbocycles. The minimum atomic E-state index is 0. The first-order chi connectivity index (χ1) is 9.22. The van der Waals surface area contributed by atoms with Crippen molar-refractivity contribution >= 4 is 24.0 Å². The third-order valence-electron chi connectivity index (χ3n) is 3.84. The average Bonchev–Trinajstić information content (AvgIpc) is 2.42. The van der Waals surface area contributed by atoms with E-state index in [1.54, 1.807) is 7.11 Å². The summed E-state index contributed by atoms with van der Waals surface area (Å²) in [7, 11) is 3.75. The zero-order chi connectivity index (χ0) is 13.7. The molecule has 1 N–H and O–H groups in total. The van der Waals surface area contributed by atoms with E-state index in [0.29, 0.717) is 0 Å². The molecular weight excluding hydrogens is 295 g/mol. The van der Waals surface area contributed by atoms with Crippen LogP contribution >= 0.6 is 24.0 Å². The monoisotopic (exact) mass is 318 g/mol. The molecule has 1 aliphatic heterocycles. The molecule has 1 saturated heterocycles. The number of nitrogens with one attached hydrogen (secondary N) is 1. The van der Waals surface area contributed by atoms with Gasteiger partial charge in [0.2, 0.25) is 0 Å². The number of ether oxygens (including phenoxy) is 1. The van der Waals surface area contributed by atoms with Gasteiger partial charge in [-0.1, -0.05) is 11.6 Å². The summed E-state index contributed by atoms with van der Waals surface area (Å²) in [4.78, 5) is 2.49. The Balaban J connectivity index is 0.00000200. The number of methoxy groups -OCH3 is 1. The van der Waals surface area contributed by atoms with E-state index in [1.165, 1.54) is 18.4 Å². The highest BCUT2D eigenvalue weighted by atomic mass is 35.5. The molecule has 0 atom stereocenters. The predicted octanol–water partition coefficient (Wildman–Crippen LogP) is 3.20. The van der Waals surface area contributed by atoms with Crippen molar-refractivity contribution in [2.45, 2.75) is 19.4 Å². The van der Waals surface area contributed by atoms with Gasteiger partial charge in [0, 0.05) is 17.1 Å². The minimum Gasteiger partial charge on any atom is -0.496 e. The number of likely N-dealkylation sites (tertiary alicyclic amines) is 1.